The van der Waals surface area contributed by atoms with Crippen molar-refractivity contribution in [2.24, 2.45) is 0 Å². The number of nitrogens with one attached hydrogen (secondary N) is 2. The Balaban J connectivity index is 3.14. The van der Waals surface area contributed by atoms with Crippen molar-refractivity contribution in [3.8, 4) is 0 Å². The van der Waals surface area contributed by atoms with Crippen molar-refractivity contribution in [3.05, 3.63) is 33.6 Å². The van der Waals surface area contributed by atoms with E-state index in [1.165, 1.54) is 14.2 Å². The fraction of sp³-hybridized carbons (Fsp3) is 0.462. The van der Waals surface area contributed by atoms with Gasteiger partial charge in [-0.25, -0.2) is 4.39 Å². The van der Waals surface area contributed by atoms with Crippen LogP contribution in [0.15, 0.2) is 12.1 Å². The van der Waals surface area contributed by atoms with Gasteiger partial charge in [0, 0.05) is 14.2 Å². The lowest BCUT2D eigenvalue weighted by Gasteiger charge is -2.16. The molecule has 7 nitrogen and oxygen atoms in total. The average molecular weight is 299 g/mol. The lowest BCUT2D eigenvalue weighted by Crippen LogP contribution is -2.37. The summed E-state index contributed by atoms with van der Waals surface area (Å²) in [5, 5.41) is 16.2. The van der Waals surface area contributed by atoms with Gasteiger partial charge in [-0.2, -0.15) is 0 Å². The first kappa shape index (κ1) is 16.8. The quantitative estimate of drug-likeness (QED) is 0.592. The van der Waals surface area contributed by atoms with Crippen LogP contribution in [-0.2, 0) is 4.74 Å². The smallest absolute Gasteiger partial charge is 0.285 e. The van der Waals surface area contributed by atoms with Gasteiger partial charge in [-0.05, 0) is 12.5 Å². The Kier molecular flexibility index (Phi) is 6.04. The molecule has 0 heterocycles. The van der Waals surface area contributed by atoms with Crippen LogP contribution in [-0.4, -0.2) is 37.6 Å². The van der Waals surface area contributed by atoms with Crippen LogP contribution in [0.3, 0.4) is 0 Å². The summed E-state index contributed by atoms with van der Waals surface area (Å²) >= 11 is 0. The van der Waals surface area contributed by atoms with Crippen LogP contribution in [0.1, 0.15) is 23.7 Å². The van der Waals surface area contributed by atoms with E-state index in [-0.39, 0.29) is 23.9 Å². The molecule has 0 aliphatic rings. The summed E-state index contributed by atoms with van der Waals surface area (Å²) < 4.78 is 18.5. The van der Waals surface area contributed by atoms with Gasteiger partial charge in [-0.15, -0.1) is 0 Å². The fourth-order valence-electron chi connectivity index (χ4n) is 1.81. The van der Waals surface area contributed by atoms with Gasteiger partial charge in [0.25, 0.3) is 11.6 Å². The minimum absolute atomic E-state index is 0.0190. The first-order chi connectivity index (χ1) is 9.94. The molecule has 1 rings (SSSR count). The molecule has 0 aliphatic heterocycles. The normalized spacial score (nSPS) is 11.8. The zero-order chi connectivity index (χ0) is 16.0. The number of carbonyl (C=O) groups is 1. The molecule has 0 radical (unpaired) electrons. The van der Waals surface area contributed by atoms with Crippen molar-refractivity contribution < 1.29 is 18.8 Å². The van der Waals surface area contributed by atoms with Crippen molar-refractivity contribution in [1.82, 2.24) is 5.32 Å². The number of anilines is 1. The Morgan fingerprint density at radius 3 is 2.67 bits per heavy atom. The lowest BCUT2D eigenvalue weighted by molar-refractivity contribution is -0.385. The second kappa shape index (κ2) is 7.53. The molecule has 0 aromatic heterocycles. The number of nitro benzene ring substituents is 1. The summed E-state index contributed by atoms with van der Waals surface area (Å²) in [6, 6.07) is 1.59. The number of hydrogen-bond donors (Lipinski definition) is 2. The van der Waals surface area contributed by atoms with Crippen LogP contribution in [0.4, 0.5) is 15.8 Å². The third kappa shape index (κ3) is 4.12. The molecule has 21 heavy (non-hydrogen) atoms. The zero-order valence-electron chi connectivity index (χ0n) is 12.1. The van der Waals surface area contributed by atoms with Crippen LogP contribution in [0.2, 0.25) is 0 Å². The van der Waals surface area contributed by atoms with E-state index < -0.39 is 22.3 Å². The van der Waals surface area contributed by atoms with Crippen LogP contribution in [0.5, 0.6) is 0 Å². The van der Waals surface area contributed by atoms with Gasteiger partial charge in [-0.1, -0.05) is 6.92 Å². The number of carbonyl (C=O) groups excluding carboxylic acids is 1. The van der Waals surface area contributed by atoms with Crippen LogP contribution in [0.25, 0.3) is 0 Å². The molecule has 116 valence electrons. The fourth-order valence-corrected chi connectivity index (χ4v) is 1.81. The van der Waals surface area contributed by atoms with E-state index >= 15 is 0 Å². The highest BCUT2D eigenvalue weighted by Crippen LogP contribution is 2.26. The van der Waals surface area contributed by atoms with Crippen molar-refractivity contribution in [1.29, 1.82) is 0 Å². The van der Waals surface area contributed by atoms with Crippen LogP contribution in [0, 0.1) is 15.9 Å². The molecule has 0 spiro atoms. The van der Waals surface area contributed by atoms with E-state index in [9.17, 15) is 19.3 Å². The molecular formula is C13H18FN3O4. The highest BCUT2D eigenvalue weighted by atomic mass is 19.1. The molecule has 1 unspecified atom stereocenters. The van der Waals surface area contributed by atoms with Crippen LogP contribution < -0.4 is 10.6 Å². The van der Waals surface area contributed by atoms with Gasteiger partial charge in [0.2, 0.25) is 0 Å². The number of amides is 1. The van der Waals surface area contributed by atoms with Crippen molar-refractivity contribution in [3.63, 3.8) is 0 Å². The number of nitrogens with zero attached hydrogens (tertiary/aromatic N) is 1. The lowest BCUT2D eigenvalue weighted by atomic mass is 10.1. The Hall–Kier alpha value is -2.22. The van der Waals surface area contributed by atoms with Crippen molar-refractivity contribution in [2.45, 2.75) is 19.4 Å². The molecule has 0 saturated heterocycles. The Morgan fingerprint density at radius 2 is 2.19 bits per heavy atom. The van der Waals surface area contributed by atoms with Gasteiger partial charge in [0.15, 0.2) is 5.82 Å². The monoisotopic (exact) mass is 299 g/mol. The molecule has 0 bridgehead atoms. The van der Waals surface area contributed by atoms with Gasteiger partial charge in [0.05, 0.1) is 29.3 Å². The molecule has 1 atom stereocenters. The first-order valence-electron chi connectivity index (χ1n) is 6.40. The molecular weight excluding hydrogens is 281 g/mol. The molecule has 0 saturated carbocycles. The number of methoxy groups -OCH3 is 1. The second-order valence-electron chi connectivity index (χ2n) is 4.39. The van der Waals surface area contributed by atoms with Gasteiger partial charge < -0.3 is 15.4 Å². The number of ether oxygens (including phenoxy) is 1. The highest BCUT2D eigenvalue weighted by molar-refractivity contribution is 5.99. The second-order valence-corrected chi connectivity index (χ2v) is 4.39. The van der Waals surface area contributed by atoms with E-state index in [1.54, 1.807) is 0 Å². The Labute approximate surface area is 121 Å². The van der Waals surface area contributed by atoms with E-state index in [0.29, 0.717) is 6.42 Å². The van der Waals surface area contributed by atoms with Crippen molar-refractivity contribution >= 4 is 17.3 Å². The summed E-state index contributed by atoms with van der Waals surface area (Å²) in [6.45, 7) is 2.14. The molecule has 0 fully saturated rings. The number of halogens is 1. The SMILES string of the molecule is CCC(COC)NC(=O)c1cc(NC)c(F)cc1[N+](=O)[O-]. The van der Waals surface area contributed by atoms with Gasteiger partial charge in [0.1, 0.15) is 5.56 Å². The third-order valence-corrected chi connectivity index (χ3v) is 2.99. The van der Waals surface area contributed by atoms with E-state index in [4.69, 9.17) is 4.74 Å². The minimum atomic E-state index is -0.787. The predicted octanol–water partition coefficient (Wildman–Crippen LogP) is 1.93. The zero-order valence-corrected chi connectivity index (χ0v) is 12.1. The predicted molar refractivity (Wildman–Crippen MR) is 76.0 cm³/mol. The van der Waals surface area contributed by atoms with E-state index in [0.717, 1.165) is 12.1 Å². The summed E-state index contributed by atoms with van der Waals surface area (Å²) in [5.74, 6) is -1.42. The molecule has 1 amide bonds. The average Bonchev–Trinajstić information content (AvgIpc) is 2.46. The topological polar surface area (TPSA) is 93.5 Å². The van der Waals surface area contributed by atoms with E-state index in [1.807, 2.05) is 6.92 Å². The summed E-state index contributed by atoms with van der Waals surface area (Å²) in [6.07, 6.45) is 0.605. The standard InChI is InChI=1S/C13H18FN3O4/c1-4-8(7-21-3)16-13(18)9-5-11(15-2)10(14)6-12(9)17(19)20/h5-6,8,15H,4,7H2,1-3H3,(H,16,18). The third-order valence-electron chi connectivity index (χ3n) is 2.99. The largest absolute Gasteiger partial charge is 0.386 e. The van der Waals surface area contributed by atoms with Gasteiger partial charge >= 0.3 is 0 Å². The van der Waals surface area contributed by atoms with Crippen molar-refractivity contribution in [2.75, 3.05) is 26.1 Å². The minimum Gasteiger partial charge on any atom is -0.386 e. The summed E-state index contributed by atoms with van der Waals surface area (Å²) in [5.41, 5.74) is -0.748. The number of rotatable bonds is 7. The first-order valence-corrected chi connectivity index (χ1v) is 6.40. The molecule has 1 aromatic carbocycles. The number of benzene rings is 1. The van der Waals surface area contributed by atoms with E-state index in [2.05, 4.69) is 10.6 Å². The maximum atomic E-state index is 13.6. The molecule has 2 N–H and O–H groups in total. The summed E-state index contributed by atoms with van der Waals surface area (Å²) in [7, 11) is 2.96. The molecule has 8 heteroatoms. The maximum absolute atomic E-state index is 13.6. The summed E-state index contributed by atoms with van der Waals surface area (Å²) in [4.78, 5) is 22.4. The number of nitro groups is 1. The highest BCUT2D eigenvalue weighted by Gasteiger charge is 2.24. The molecule has 0 aliphatic carbocycles. The Bertz CT molecular complexity index is 536. The Morgan fingerprint density at radius 1 is 1.52 bits per heavy atom. The number of hydrogen-bond acceptors (Lipinski definition) is 5. The van der Waals surface area contributed by atoms with Gasteiger partial charge in [-0.3, -0.25) is 14.9 Å². The van der Waals surface area contributed by atoms with Crippen LogP contribution >= 0.6 is 0 Å². The molecule has 1 aromatic rings. The maximum Gasteiger partial charge on any atom is 0.285 e.